The maximum atomic E-state index is 13.0. The van der Waals surface area contributed by atoms with Crippen LogP contribution < -0.4 is 10.6 Å². The third kappa shape index (κ3) is 4.04. The molecule has 0 saturated carbocycles. The van der Waals surface area contributed by atoms with Crippen molar-refractivity contribution in [1.29, 1.82) is 0 Å². The van der Waals surface area contributed by atoms with Gasteiger partial charge in [0, 0.05) is 52.4 Å². The molecule has 1 saturated heterocycles. The quantitative estimate of drug-likeness (QED) is 0.615. The Morgan fingerprint density at radius 3 is 2.68 bits per heavy atom. The van der Waals surface area contributed by atoms with Gasteiger partial charge in [0.05, 0.1) is 0 Å². The molecule has 2 amide bonds. The van der Waals surface area contributed by atoms with E-state index in [0.29, 0.717) is 11.4 Å². The lowest BCUT2D eigenvalue weighted by Gasteiger charge is -2.33. The molecule has 1 fully saturated rings. The van der Waals surface area contributed by atoms with Crippen molar-refractivity contribution >= 4 is 34.3 Å². The summed E-state index contributed by atoms with van der Waals surface area (Å²) in [5.41, 5.74) is 4.02. The molecule has 0 spiro atoms. The van der Waals surface area contributed by atoms with Gasteiger partial charge in [-0.3, -0.25) is 14.6 Å². The number of pyridine rings is 1. The Labute approximate surface area is 187 Å². The van der Waals surface area contributed by atoms with Crippen LogP contribution in [0.25, 0.3) is 10.9 Å². The van der Waals surface area contributed by atoms with Crippen LogP contribution in [0.3, 0.4) is 0 Å². The number of carbonyl (C=O) groups is 2. The van der Waals surface area contributed by atoms with Gasteiger partial charge >= 0.3 is 0 Å². The molecule has 4 rings (SSSR count). The van der Waals surface area contributed by atoms with E-state index in [4.69, 9.17) is 11.6 Å². The third-order valence-electron chi connectivity index (χ3n) is 6.09. The summed E-state index contributed by atoms with van der Waals surface area (Å²) in [6.45, 7) is 7.08. The van der Waals surface area contributed by atoms with Crippen molar-refractivity contribution in [2.24, 2.45) is 0 Å². The molecule has 6 nitrogen and oxygen atoms in total. The molecule has 7 heteroatoms. The van der Waals surface area contributed by atoms with Gasteiger partial charge in [0.2, 0.25) is 11.8 Å². The summed E-state index contributed by atoms with van der Waals surface area (Å²) in [5, 5.41) is 7.55. The monoisotopic (exact) mass is 438 g/mol. The average Bonchev–Trinajstić information content (AvgIpc) is 3.01. The summed E-state index contributed by atoms with van der Waals surface area (Å²) in [7, 11) is 0. The van der Waals surface area contributed by atoms with Gasteiger partial charge in [-0.15, -0.1) is 0 Å². The zero-order valence-electron chi connectivity index (χ0n) is 18.0. The van der Waals surface area contributed by atoms with Crippen molar-refractivity contribution < 1.29 is 9.59 Å². The number of nitrogens with one attached hydrogen (secondary N) is 2. The van der Waals surface area contributed by atoms with E-state index in [0.717, 1.165) is 40.8 Å². The van der Waals surface area contributed by atoms with E-state index in [1.165, 1.54) is 0 Å². The van der Waals surface area contributed by atoms with Crippen molar-refractivity contribution in [2.75, 3.05) is 0 Å². The number of hydrogen-bond acceptors (Lipinski definition) is 3. The number of aryl methyl sites for hydroxylation is 1. The molecule has 1 aliphatic heterocycles. The summed E-state index contributed by atoms with van der Waals surface area (Å²) >= 11 is 6.30. The number of rotatable bonds is 6. The Morgan fingerprint density at radius 1 is 1.16 bits per heavy atom. The Kier molecular flexibility index (Phi) is 6.01. The molecule has 0 radical (unpaired) electrons. The first-order chi connectivity index (χ1) is 14.9. The second-order valence-electron chi connectivity index (χ2n) is 8.17. The Bertz CT molecular complexity index is 1130. The summed E-state index contributed by atoms with van der Waals surface area (Å²) in [4.78, 5) is 30.1. The van der Waals surface area contributed by atoms with Gasteiger partial charge < -0.3 is 15.2 Å². The number of amides is 2. The van der Waals surface area contributed by atoms with E-state index in [1.54, 1.807) is 6.20 Å². The topological polar surface area (TPSA) is 76.0 Å². The van der Waals surface area contributed by atoms with Crippen LogP contribution in [0.15, 0.2) is 42.6 Å². The molecular formula is C24H27ClN4O2. The first kappa shape index (κ1) is 21.4. The SMILES string of the molecule is CCCn1c(C)c([C@@H](C)[C@H]2NC(=O)[C@H](Cc3ccccn3)NC2=O)c2cc(Cl)ccc21. The maximum absolute atomic E-state index is 13.0. The number of fused-ring (bicyclic) bond motifs is 1. The fourth-order valence-corrected chi connectivity index (χ4v) is 4.78. The fraction of sp³-hybridized carbons (Fsp3) is 0.375. The van der Waals surface area contributed by atoms with Crippen LogP contribution >= 0.6 is 11.6 Å². The molecule has 162 valence electrons. The summed E-state index contributed by atoms with van der Waals surface area (Å²) in [6, 6.07) is 10.1. The Hall–Kier alpha value is -2.86. The van der Waals surface area contributed by atoms with Gasteiger partial charge in [0.25, 0.3) is 0 Å². The van der Waals surface area contributed by atoms with Gasteiger partial charge in [-0.1, -0.05) is 31.5 Å². The lowest BCUT2D eigenvalue weighted by Crippen LogP contribution is -2.63. The van der Waals surface area contributed by atoms with Crippen LogP contribution in [0.2, 0.25) is 5.02 Å². The highest BCUT2D eigenvalue weighted by Gasteiger charge is 2.38. The minimum absolute atomic E-state index is 0.175. The first-order valence-corrected chi connectivity index (χ1v) is 11.1. The van der Waals surface area contributed by atoms with Gasteiger partial charge in [0.15, 0.2) is 0 Å². The summed E-state index contributed by atoms with van der Waals surface area (Å²) in [6.07, 6.45) is 3.05. The van der Waals surface area contributed by atoms with Crippen LogP contribution in [-0.4, -0.2) is 33.4 Å². The molecule has 2 aromatic heterocycles. The van der Waals surface area contributed by atoms with E-state index < -0.39 is 12.1 Å². The van der Waals surface area contributed by atoms with E-state index in [1.807, 2.05) is 43.3 Å². The van der Waals surface area contributed by atoms with Crippen LogP contribution in [0.1, 0.15) is 43.1 Å². The summed E-state index contributed by atoms with van der Waals surface area (Å²) < 4.78 is 2.27. The molecule has 0 aliphatic carbocycles. The molecular weight excluding hydrogens is 412 g/mol. The largest absolute Gasteiger partial charge is 0.345 e. The second-order valence-corrected chi connectivity index (χ2v) is 8.61. The first-order valence-electron chi connectivity index (χ1n) is 10.7. The maximum Gasteiger partial charge on any atom is 0.243 e. The Morgan fingerprint density at radius 2 is 1.97 bits per heavy atom. The fourth-order valence-electron chi connectivity index (χ4n) is 4.60. The lowest BCUT2D eigenvalue weighted by atomic mass is 9.88. The molecule has 0 unspecified atom stereocenters. The van der Waals surface area contributed by atoms with E-state index in [2.05, 4.69) is 34.0 Å². The van der Waals surface area contributed by atoms with Crippen LogP contribution in [0.5, 0.6) is 0 Å². The Balaban J connectivity index is 1.63. The molecule has 3 aromatic rings. The van der Waals surface area contributed by atoms with Gasteiger partial charge in [0.1, 0.15) is 12.1 Å². The van der Waals surface area contributed by atoms with E-state index in [-0.39, 0.29) is 17.7 Å². The van der Waals surface area contributed by atoms with Gasteiger partial charge in [-0.2, -0.15) is 0 Å². The van der Waals surface area contributed by atoms with Crippen molar-refractivity contribution in [1.82, 2.24) is 20.2 Å². The molecule has 2 N–H and O–H groups in total. The van der Waals surface area contributed by atoms with Crippen LogP contribution in [0.4, 0.5) is 0 Å². The molecule has 0 bridgehead atoms. The van der Waals surface area contributed by atoms with Crippen molar-refractivity contribution in [3.05, 3.63) is 64.6 Å². The van der Waals surface area contributed by atoms with Crippen molar-refractivity contribution in [3.8, 4) is 0 Å². The number of nitrogens with zero attached hydrogens (tertiary/aromatic N) is 2. The number of aromatic nitrogens is 2. The molecule has 3 atom stereocenters. The average molecular weight is 439 g/mol. The number of hydrogen-bond donors (Lipinski definition) is 2. The molecule has 1 aliphatic rings. The lowest BCUT2D eigenvalue weighted by molar-refractivity contribution is -0.137. The smallest absolute Gasteiger partial charge is 0.243 e. The summed E-state index contributed by atoms with van der Waals surface area (Å²) in [5.74, 6) is -0.570. The van der Waals surface area contributed by atoms with E-state index >= 15 is 0 Å². The highest BCUT2D eigenvalue weighted by molar-refractivity contribution is 6.31. The molecule has 3 heterocycles. The second kappa shape index (κ2) is 8.71. The van der Waals surface area contributed by atoms with Gasteiger partial charge in [-0.25, -0.2) is 0 Å². The molecule has 1 aromatic carbocycles. The van der Waals surface area contributed by atoms with Crippen LogP contribution in [-0.2, 0) is 22.6 Å². The van der Waals surface area contributed by atoms with Crippen LogP contribution in [0, 0.1) is 6.92 Å². The van der Waals surface area contributed by atoms with E-state index in [9.17, 15) is 9.59 Å². The number of piperazine rings is 1. The minimum Gasteiger partial charge on any atom is -0.345 e. The standard InChI is InChI=1S/C24H27ClN4O2/c1-4-11-29-15(3)21(18-12-16(25)8-9-20(18)29)14(2)22-24(31)27-19(23(30)28-22)13-17-7-5-6-10-26-17/h5-10,12,14,19,22H,4,11,13H2,1-3H3,(H,27,31)(H,28,30)/t14-,19+,22-/m1/s1. The normalized spacial score (nSPS) is 19.9. The highest BCUT2D eigenvalue weighted by Crippen LogP contribution is 2.35. The zero-order chi connectivity index (χ0) is 22.1. The predicted molar refractivity (Wildman–Crippen MR) is 122 cm³/mol. The van der Waals surface area contributed by atoms with Crippen molar-refractivity contribution in [2.45, 2.75) is 58.2 Å². The molecule has 31 heavy (non-hydrogen) atoms. The number of halogens is 1. The zero-order valence-corrected chi connectivity index (χ0v) is 18.7. The number of carbonyl (C=O) groups excluding carboxylic acids is 2. The van der Waals surface area contributed by atoms with Gasteiger partial charge in [-0.05, 0) is 49.2 Å². The minimum atomic E-state index is -0.647. The third-order valence-corrected chi connectivity index (χ3v) is 6.32. The number of benzene rings is 1. The van der Waals surface area contributed by atoms with Crippen molar-refractivity contribution in [3.63, 3.8) is 0 Å². The highest BCUT2D eigenvalue weighted by atomic mass is 35.5. The predicted octanol–water partition coefficient (Wildman–Crippen LogP) is 3.74.